The average molecular weight is 190 g/mol. The lowest BCUT2D eigenvalue weighted by Gasteiger charge is -1.97. The molecule has 14 heavy (non-hydrogen) atoms. The molecule has 0 atom stereocenters. The maximum atomic E-state index is 11.3. The Kier molecular flexibility index (Phi) is 2.01. The predicted molar refractivity (Wildman–Crippen MR) is 51.1 cm³/mol. The van der Waals surface area contributed by atoms with Gasteiger partial charge in [0.25, 0.3) is 0 Å². The van der Waals surface area contributed by atoms with Gasteiger partial charge in [-0.15, -0.1) is 0 Å². The van der Waals surface area contributed by atoms with Crippen molar-refractivity contribution in [2.45, 2.75) is 6.92 Å². The predicted octanol–water partition coefficient (Wildman–Crippen LogP) is 0.179. The van der Waals surface area contributed by atoms with Crippen molar-refractivity contribution in [3.05, 3.63) is 29.7 Å². The third-order valence-electron chi connectivity index (χ3n) is 1.95. The van der Waals surface area contributed by atoms with Gasteiger partial charge in [0.1, 0.15) is 5.82 Å². The quantitative estimate of drug-likeness (QED) is 0.685. The van der Waals surface area contributed by atoms with Crippen molar-refractivity contribution >= 4 is 11.4 Å². The summed E-state index contributed by atoms with van der Waals surface area (Å²) in [4.78, 5) is 15.4. The number of hydrogen-bond acceptors (Lipinski definition) is 4. The number of nitrogens with zero attached hydrogens (tertiary/aromatic N) is 3. The maximum Gasteiger partial charge on any atom is 0.176 e. The first-order chi connectivity index (χ1) is 6.70. The fourth-order valence-electron chi connectivity index (χ4n) is 1.28. The minimum absolute atomic E-state index is 0.0172. The number of rotatable bonds is 2. The van der Waals surface area contributed by atoms with E-state index in [1.165, 1.54) is 0 Å². The molecular formula is C9H10N4O. The first-order valence-electron chi connectivity index (χ1n) is 4.27. The Labute approximate surface area is 80.6 Å². The van der Waals surface area contributed by atoms with E-state index in [-0.39, 0.29) is 12.3 Å². The number of aryl methyl sites for hydroxylation is 1. The van der Waals surface area contributed by atoms with E-state index >= 15 is 0 Å². The third kappa shape index (κ3) is 1.38. The second-order valence-electron chi connectivity index (χ2n) is 3.00. The highest BCUT2D eigenvalue weighted by atomic mass is 16.1. The number of hydrogen-bond donors (Lipinski definition) is 1. The van der Waals surface area contributed by atoms with E-state index in [1.54, 1.807) is 29.8 Å². The maximum absolute atomic E-state index is 11.3. The number of ketones is 1. The summed E-state index contributed by atoms with van der Waals surface area (Å²) in [7, 11) is 0. The zero-order chi connectivity index (χ0) is 10.1. The molecule has 0 bridgehead atoms. The van der Waals surface area contributed by atoms with E-state index in [1.807, 2.05) is 0 Å². The van der Waals surface area contributed by atoms with Gasteiger partial charge >= 0.3 is 0 Å². The number of pyridine rings is 1. The van der Waals surface area contributed by atoms with Gasteiger partial charge in [0, 0.05) is 11.8 Å². The largest absolute Gasteiger partial charge is 0.324 e. The molecule has 0 saturated heterocycles. The number of nitrogens with two attached hydrogens (primary N) is 1. The smallest absolute Gasteiger partial charge is 0.176 e. The molecule has 0 fully saturated rings. The molecule has 0 unspecified atom stereocenters. The lowest BCUT2D eigenvalue weighted by atomic mass is 10.2. The Morgan fingerprint density at radius 3 is 3.14 bits per heavy atom. The molecule has 5 heteroatoms. The molecule has 0 spiro atoms. The van der Waals surface area contributed by atoms with Gasteiger partial charge in [0.2, 0.25) is 0 Å². The number of Topliss-reactive ketones (excluding diaryl/α,β-unsaturated/α-hetero) is 1. The van der Waals surface area contributed by atoms with E-state index in [9.17, 15) is 4.79 Å². The Balaban J connectivity index is 2.55. The summed E-state index contributed by atoms with van der Waals surface area (Å²) in [6.45, 7) is 1.82. The number of carbonyl (C=O) groups is 1. The standard InChI is InChI=1S/C9H10N4O/c1-6-11-9-4-7(8(14)5-10)2-3-13(9)12-6/h2-4H,5,10H2,1H3. The van der Waals surface area contributed by atoms with Gasteiger partial charge in [-0.1, -0.05) is 0 Å². The van der Waals surface area contributed by atoms with E-state index in [2.05, 4.69) is 10.1 Å². The topological polar surface area (TPSA) is 73.3 Å². The lowest BCUT2D eigenvalue weighted by molar-refractivity contribution is 0.100. The Morgan fingerprint density at radius 1 is 1.64 bits per heavy atom. The van der Waals surface area contributed by atoms with Crippen LogP contribution in [0.2, 0.25) is 0 Å². The summed E-state index contributed by atoms with van der Waals surface area (Å²) in [6, 6.07) is 3.38. The fraction of sp³-hybridized carbons (Fsp3) is 0.222. The molecule has 2 aromatic heterocycles. The van der Waals surface area contributed by atoms with Crippen LogP contribution >= 0.6 is 0 Å². The Hall–Kier alpha value is -1.75. The van der Waals surface area contributed by atoms with Crippen LogP contribution < -0.4 is 5.73 Å². The molecule has 0 amide bonds. The molecule has 2 heterocycles. The molecule has 2 N–H and O–H groups in total. The van der Waals surface area contributed by atoms with Crippen LogP contribution in [0.15, 0.2) is 18.3 Å². The highest BCUT2D eigenvalue weighted by Crippen LogP contribution is 2.05. The fourth-order valence-corrected chi connectivity index (χ4v) is 1.28. The van der Waals surface area contributed by atoms with Crippen LogP contribution in [-0.2, 0) is 0 Å². The molecule has 5 nitrogen and oxygen atoms in total. The summed E-state index contributed by atoms with van der Waals surface area (Å²) in [5.74, 6) is 0.593. The molecule has 0 aliphatic rings. The van der Waals surface area contributed by atoms with Gasteiger partial charge in [0.15, 0.2) is 11.4 Å². The van der Waals surface area contributed by atoms with E-state index in [4.69, 9.17) is 5.73 Å². The van der Waals surface area contributed by atoms with E-state index in [0.717, 1.165) is 0 Å². The zero-order valence-electron chi connectivity index (χ0n) is 7.77. The van der Waals surface area contributed by atoms with Crippen LogP contribution in [0.5, 0.6) is 0 Å². The second-order valence-corrected chi connectivity index (χ2v) is 3.00. The monoisotopic (exact) mass is 190 g/mol. The van der Waals surface area contributed by atoms with Gasteiger partial charge in [-0.2, -0.15) is 5.10 Å². The van der Waals surface area contributed by atoms with Crippen molar-refractivity contribution in [1.29, 1.82) is 0 Å². The van der Waals surface area contributed by atoms with Gasteiger partial charge in [-0.25, -0.2) is 9.50 Å². The van der Waals surface area contributed by atoms with Gasteiger partial charge < -0.3 is 5.73 Å². The van der Waals surface area contributed by atoms with Crippen molar-refractivity contribution in [3.63, 3.8) is 0 Å². The molecule has 2 aromatic rings. The highest BCUT2D eigenvalue weighted by Gasteiger charge is 2.05. The first kappa shape index (κ1) is 8.83. The van der Waals surface area contributed by atoms with E-state index < -0.39 is 0 Å². The second kappa shape index (κ2) is 3.19. The number of carbonyl (C=O) groups excluding carboxylic acids is 1. The summed E-state index contributed by atoms with van der Waals surface area (Å²) < 4.78 is 1.63. The molecule has 0 saturated carbocycles. The summed E-state index contributed by atoms with van der Waals surface area (Å²) in [5, 5.41) is 4.10. The van der Waals surface area contributed by atoms with Crippen LogP contribution in [0.1, 0.15) is 16.2 Å². The van der Waals surface area contributed by atoms with Crippen LogP contribution in [-0.4, -0.2) is 26.9 Å². The molecule has 0 aromatic carbocycles. The van der Waals surface area contributed by atoms with Crippen LogP contribution in [0, 0.1) is 6.92 Å². The minimum atomic E-state index is -0.0897. The molecular weight excluding hydrogens is 180 g/mol. The molecule has 2 rings (SSSR count). The Morgan fingerprint density at radius 2 is 2.43 bits per heavy atom. The number of fused-ring (bicyclic) bond motifs is 1. The first-order valence-corrected chi connectivity index (χ1v) is 4.27. The molecule has 0 radical (unpaired) electrons. The van der Waals surface area contributed by atoms with Gasteiger partial charge in [-0.3, -0.25) is 4.79 Å². The highest BCUT2D eigenvalue weighted by molar-refractivity contribution is 5.98. The van der Waals surface area contributed by atoms with Crippen LogP contribution in [0.4, 0.5) is 0 Å². The molecule has 0 aliphatic carbocycles. The number of aromatic nitrogens is 3. The summed E-state index contributed by atoms with van der Waals surface area (Å²) >= 11 is 0. The normalized spacial score (nSPS) is 10.7. The van der Waals surface area contributed by atoms with Crippen molar-refractivity contribution in [3.8, 4) is 0 Å². The molecule has 72 valence electrons. The van der Waals surface area contributed by atoms with Gasteiger partial charge in [0.05, 0.1) is 6.54 Å². The summed E-state index contributed by atoms with van der Waals surface area (Å²) in [6.07, 6.45) is 1.71. The molecule has 0 aliphatic heterocycles. The third-order valence-corrected chi connectivity index (χ3v) is 1.95. The van der Waals surface area contributed by atoms with Crippen LogP contribution in [0.25, 0.3) is 5.65 Å². The lowest BCUT2D eigenvalue weighted by Crippen LogP contribution is -2.13. The minimum Gasteiger partial charge on any atom is -0.324 e. The zero-order valence-corrected chi connectivity index (χ0v) is 7.77. The van der Waals surface area contributed by atoms with Crippen molar-refractivity contribution in [2.75, 3.05) is 6.54 Å². The van der Waals surface area contributed by atoms with Crippen molar-refractivity contribution in [1.82, 2.24) is 14.6 Å². The van der Waals surface area contributed by atoms with Crippen molar-refractivity contribution < 1.29 is 4.79 Å². The SMILES string of the molecule is Cc1nc2cc(C(=O)CN)ccn2n1. The summed E-state index contributed by atoms with van der Waals surface area (Å²) in [5.41, 5.74) is 6.51. The van der Waals surface area contributed by atoms with Crippen molar-refractivity contribution in [2.24, 2.45) is 5.73 Å². The Bertz CT molecular complexity index is 489. The average Bonchev–Trinajstić information content (AvgIpc) is 2.55. The van der Waals surface area contributed by atoms with Crippen LogP contribution in [0.3, 0.4) is 0 Å². The van der Waals surface area contributed by atoms with Gasteiger partial charge in [-0.05, 0) is 19.1 Å². The van der Waals surface area contributed by atoms with E-state index in [0.29, 0.717) is 17.0 Å².